The highest BCUT2D eigenvalue weighted by atomic mass is 79.9. The average molecular weight is 316 g/mol. The van der Waals surface area contributed by atoms with Gasteiger partial charge < -0.3 is 0 Å². The number of thioether (sulfide) groups is 1. The minimum atomic E-state index is 0.761. The Labute approximate surface area is 112 Å². The van der Waals surface area contributed by atoms with Crippen molar-refractivity contribution in [3.8, 4) is 0 Å². The third kappa shape index (κ3) is 3.20. The first-order valence-corrected chi connectivity index (χ1v) is 6.74. The Morgan fingerprint density at radius 1 is 1.25 bits per heavy atom. The Morgan fingerprint density at radius 2 is 2.00 bits per heavy atom. The minimum absolute atomic E-state index is 0.761. The van der Waals surface area contributed by atoms with E-state index in [0.717, 1.165) is 20.3 Å². The van der Waals surface area contributed by atoms with Gasteiger partial charge in [-0.25, -0.2) is 9.97 Å². The van der Waals surface area contributed by atoms with E-state index in [2.05, 4.69) is 25.9 Å². The van der Waals surface area contributed by atoms with E-state index < -0.39 is 0 Å². The molecule has 1 heterocycles. The topological polar surface area (TPSA) is 25.8 Å². The summed E-state index contributed by atoms with van der Waals surface area (Å²) in [5.41, 5.74) is 1.22. The molecule has 0 atom stereocenters. The lowest BCUT2D eigenvalue weighted by Crippen LogP contribution is -1.85. The SMILES string of the molecule is Clc1ccc(CSc2ncncc2Br)cc1. The summed E-state index contributed by atoms with van der Waals surface area (Å²) in [7, 11) is 0. The number of hydrogen-bond donors (Lipinski definition) is 0. The molecular formula is C11H8BrClN2S. The summed E-state index contributed by atoms with van der Waals surface area (Å²) < 4.78 is 0.925. The van der Waals surface area contributed by atoms with E-state index in [4.69, 9.17) is 11.6 Å². The second kappa shape index (κ2) is 5.66. The summed E-state index contributed by atoms with van der Waals surface area (Å²) in [4.78, 5) is 8.11. The summed E-state index contributed by atoms with van der Waals surface area (Å²) >= 11 is 10.9. The average Bonchev–Trinajstić information content (AvgIpc) is 2.30. The summed E-state index contributed by atoms with van der Waals surface area (Å²) in [5, 5.41) is 1.71. The van der Waals surface area contributed by atoms with Gasteiger partial charge in [0.1, 0.15) is 11.4 Å². The number of benzene rings is 1. The van der Waals surface area contributed by atoms with Crippen LogP contribution in [-0.4, -0.2) is 9.97 Å². The van der Waals surface area contributed by atoms with Crippen LogP contribution < -0.4 is 0 Å². The zero-order chi connectivity index (χ0) is 11.4. The molecular weight excluding hydrogens is 308 g/mol. The van der Waals surface area contributed by atoms with E-state index >= 15 is 0 Å². The highest BCUT2D eigenvalue weighted by Gasteiger charge is 2.02. The van der Waals surface area contributed by atoms with Gasteiger partial charge in [-0.2, -0.15) is 0 Å². The van der Waals surface area contributed by atoms with Crippen molar-refractivity contribution in [1.82, 2.24) is 9.97 Å². The zero-order valence-corrected chi connectivity index (χ0v) is 11.4. The van der Waals surface area contributed by atoms with Crippen LogP contribution in [0.2, 0.25) is 5.02 Å². The molecule has 82 valence electrons. The molecule has 0 N–H and O–H groups in total. The number of nitrogens with zero attached hydrogens (tertiary/aromatic N) is 2. The second-order valence-electron chi connectivity index (χ2n) is 3.09. The Kier molecular flexibility index (Phi) is 4.21. The fourth-order valence-electron chi connectivity index (χ4n) is 1.14. The number of rotatable bonds is 3. The van der Waals surface area contributed by atoms with Gasteiger partial charge in [0.2, 0.25) is 0 Å². The van der Waals surface area contributed by atoms with Crippen molar-refractivity contribution < 1.29 is 0 Å². The first-order valence-electron chi connectivity index (χ1n) is 4.58. The van der Waals surface area contributed by atoms with Crippen molar-refractivity contribution in [2.75, 3.05) is 0 Å². The maximum atomic E-state index is 5.82. The van der Waals surface area contributed by atoms with Crippen LogP contribution in [0.3, 0.4) is 0 Å². The molecule has 0 radical (unpaired) electrons. The molecule has 0 saturated carbocycles. The third-order valence-corrected chi connectivity index (χ3v) is 4.09. The Bertz CT molecular complexity index is 476. The van der Waals surface area contributed by atoms with Crippen molar-refractivity contribution in [2.45, 2.75) is 10.8 Å². The second-order valence-corrected chi connectivity index (χ2v) is 5.35. The molecule has 5 heteroatoms. The Hall–Kier alpha value is -0.580. The summed E-state index contributed by atoms with van der Waals surface area (Å²) in [6, 6.07) is 7.83. The van der Waals surface area contributed by atoms with Crippen molar-refractivity contribution in [1.29, 1.82) is 0 Å². The molecule has 2 aromatic rings. The van der Waals surface area contributed by atoms with E-state index in [9.17, 15) is 0 Å². The highest BCUT2D eigenvalue weighted by Crippen LogP contribution is 2.27. The van der Waals surface area contributed by atoms with Gasteiger partial charge in [0.15, 0.2) is 0 Å². The number of halogens is 2. The predicted octanol–water partition coefficient (Wildman–Crippen LogP) is 4.18. The summed E-state index contributed by atoms with van der Waals surface area (Å²) in [6.45, 7) is 0. The van der Waals surface area contributed by atoms with Gasteiger partial charge in [-0.05, 0) is 33.6 Å². The van der Waals surface area contributed by atoms with E-state index in [-0.39, 0.29) is 0 Å². The van der Waals surface area contributed by atoms with Crippen molar-refractivity contribution in [2.24, 2.45) is 0 Å². The molecule has 0 aliphatic rings. The molecule has 2 nitrogen and oxygen atoms in total. The van der Waals surface area contributed by atoms with E-state index in [1.807, 2.05) is 24.3 Å². The van der Waals surface area contributed by atoms with Crippen LogP contribution in [0.1, 0.15) is 5.56 Å². The lowest BCUT2D eigenvalue weighted by Gasteiger charge is -2.02. The summed E-state index contributed by atoms with van der Waals surface area (Å²) in [5.74, 6) is 0.868. The van der Waals surface area contributed by atoms with Crippen LogP contribution in [0.25, 0.3) is 0 Å². The van der Waals surface area contributed by atoms with Gasteiger partial charge in [-0.1, -0.05) is 23.7 Å². The molecule has 0 fully saturated rings. The van der Waals surface area contributed by atoms with Crippen LogP contribution >= 0.6 is 39.3 Å². The molecule has 0 spiro atoms. The highest BCUT2D eigenvalue weighted by molar-refractivity contribution is 9.10. The molecule has 16 heavy (non-hydrogen) atoms. The van der Waals surface area contributed by atoms with Gasteiger partial charge in [0.25, 0.3) is 0 Å². The first-order chi connectivity index (χ1) is 7.75. The first kappa shape index (κ1) is 11.9. The van der Waals surface area contributed by atoms with Crippen molar-refractivity contribution in [3.63, 3.8) is 0 Å². The maximum Gasteiger partial charge on any atom is 0.116 e. The van der Waals surface area contributed by atoms with E-state index in [0.29, 0.717) is 0 Å². The normalized spacial score (nSPS) is 10.4. The maximum absolute atomic E-state index is 5.82. The molecule has 0 bridgehead atoms. The standard InChI is InChI=1S/C11H8BrClN2S/c12-10-5-14-7-15-11(10)16-6-8-1-3-9(13)4-2-8/h1-5,7H,6H2. The number of aromatic nitrogens is 2. The van der Waals surface area contributed by atoms with Crippen molar-refractivity contribution in [3.05, 3.63) is 51.8 Å². The molecule has 1 aromatic carbocycles. The molecule has 0 amide bonds. The molecule has 0 saturated heterocycles. The monoisotopic (exact) mass is 314 g/mol. The van der Waals surface area contributed by atoms with Crippen molar-refractivity contribution >= 4 is 39.3 Å². The van der Waals surface area contributed by atoms with E-state index in [1.54, 1.807) is 24.3 Å². The quantitative estimate of drug-likeness (QED) is 0.627. The third-order valence-electron chi connectivity index (χ3n) is 1.92. The molecule has 0 unspecified atom stereocenters. The number of hydrogen-bond acceptors (Lipinski definition) is 3. The van der Waals surface area contributed by atoms with Gasteiger partial charge in [-0.15, -0.1) is 11.8 Å². The fourth-order valence-corrected chi connectivity index (χ4v) is 2.64. The van der Waals surface area contributed by atoms with Gasteiger partial charge in [-0.3, -0.25) is 0 Å². The zero-order valence-electron chi connectivity index (χ0n) is 8.23. The minimum Gasteiger partial charge on any atom is -0.244 e. The molecule has 1 aromatic heterocycles. The summed E-state index contributed by atoms with van der Waals surface area (Å²) in [6.07, 6.45) is 3.30. The lowest BCUT2D eigenvalue weighted by atomic mass is 10.2. The molecule has 0 aliphatic carbocycles. The van der Waals surface area contributed by atoms with Crippen LogP contribution in [0.4, 0.5) is 0 Å². The fraction of sp³-hybridized carbons (Fsp3) is 0.0909. The van der Waals surface area contributed by atoms with E-state index in [1.165, 1.54) is 5.56 Å². The lowest BCUT2D eigenvalue weighted by molar-refractivity contribution is 1.02. The van der Waals surface area contributed by atoms with Crippen LogP contribution in [0.5, 0.6) is 0 Å². The van der Waals surface area contributed by atoms with Gasteiger partial charge in [0, 0.05) is 17.0 Å². The van der Waals surface area contributed by atoms with Gasteiger partial charge >= 0.3 is 0 Å². The van der Waals surface area contributed by atoms with Crippen LogP contribution in [0.15, 0.2) is 46.3 Å². The molecule has 0 aliphatic heterocycles. The Balaban J connectivity index is 2.02. The van der Waals surface area contributed by atoms with Gasteiger partial charge in [0.05, 0.1) is 4.47 Å². The smallest absolute Gasteiger partial charge is 0.116 e. The van der Waals surface area contributed by atoms with Crippen LogP contribution in [0, 0.1) is 0 Å². The van der Waals surface area contributed by atoms with Crippen LogP contribution in [-0.2, 0) is 5.75 Å². The molecule has 2 rings (SSSR count). The largest absolute Gasteiger partial charge is 0.244 e. The predicted molar refractivity (Wildman–Crippen MR) is 70.7 cm³/mol. The Morgan fingerprint density at radius 3 is 2.69 bits per heavy atom.